The van der Waals surface area contributed by atoms with E-state index in [1.807, 2.05) is 6.92 Å². The zero-order chi connectivity index (χ0) is 13.1. The number of hydrogen-bond acceptors (Lipinski definition) is 1. The van der Waals surface area contributed by atoms with Gasteiger partial charge >= 0.3 is 0 Å². The van der Waals surface area contributed by atoms with Crippen LogP contribution >= 0.6 is 31.9 Å². The van der Waals surface area contributed by atoms with Crippen molar-refractivity contribution < 1.29 is 9.18 Å². The van der Waals surface area contributed by atoms with E-state index < -0.39 is 11.4 Å². The van der Waals surface area contributed by atoms with Crippen LogP contribution < -0.4 is 5.32 Å². The van der Waals surface area contributed by atoms with Crippen LogP contribution in [0.1, 0.15) is 22.8 Å². The summed E-state index contributed by atoms with van der Waals surface area (Å²) >= 11 is 6.69. The predicted octanol–water partition coefficient (Wildman–Crippen LogP) is 3.41. The van der Waals surface area contributed by atoms with Crippen LogP contribution in [-0.4, -0.2) is 22.1 Å². The molecular weight excluding hydrogens is 353 g/mol. The van der Waals surface area contributed by atoms with Crippen LogP contribution in [0.2, 0.25) is 0 Å². The number of nitrogens with one attached hydrogen (secondary N) is 1. The average Bonchev–Trinajstić information content (AvgIpc) is 2.32. The van der Waals surface area contributed by atoms with Crippen molar-refractivity contribution in [1.29, 1.82) is 0 Å². The minimum Gasteiger partial charge on any atom is -0.345 e. The van der Waals surface area contributed by atoms with Crippen molar-refractivity contribution in [2.45, 2.75) is 19.4 Å². The standard InChI is InChI=1S/C12H14Br2FNO/c1-8-3-4-9(15)5-10(8)11(17)16-12(2,6-13)7-14/h3-5H,6-7H2,1-2H3,(H,16,17). The third-order valence-corrected chi connectivity index (χ3v) is 4.92. The Morgan fingerprint density at radius 2 is 2.00 bits per heavy atom. The molecule has 1 aromatic rings. The molecule has 1 rings (SSSR count). The number of carbonyl (C=O) groups is 1. The number of benzene rings is 1. The Morgan fingerprint density at radius 3 is 2.53 bits per heavy atom. The lowest BCUT2D eigenvalue weighted by atomic mass is 10.0. The van der Waals surface area contributed by atoms with Crippen LogP contribution in [-0.2, 0) is 0 Å². The first-order valence-electron chi connectivity index (χ1n) is 5.12. The summed E-state index contributed by atoms with van der Waals surface area (Å²) < 4.78 is 13.1. The van der Waals surface area contributed by atoms with Crippen LogP contribution in [0.5, 0.6) is 0 Å². The van der Waals surface area contributed by atoms with Crippen LogP contribution in [0.15, 0.2) is 18.2 Å². The molecule has 0 saturated heterocycles. The Balaban J connectivity index is 2.94. The first-order valence-corrected chi connectivity index (χ1v) is 7.37. The summed E-state index contributed by atoms with van der Waals surface area (Å²) in [6.07, 6.45) is 0. The summed E-state index contributed by atoms with van der Waals surface area (Å²) in [7, 11) is 0. The summed E-state index contributed by atoms with van der Waals surface area (Å²) in [4.78, 5) is 12.0. The summed E-state index contributed by atoms with van der Waals surface area (Å²) in [5.41, 5.74) is 0.740. The Bertz CT molecular complexity index is 419. The molecule has 0 atom stereocenters. The lowest BCUT2D eigenvalue weighted by Crippen LogP contribution is -2.49. The molecule has 0 unspecified atom stereocenters. The number of amides is 1. The zero-order valence-electron chi connectivity index (χ0n) is 9.69. The second-order valence-corrected chi connectivity index (χ2v) is 5.36. The van der Waals surface area contributed by atoms with Gasteiger partial charge in [-0.15, -0.1) is 0 Å². The van der Waals surface area contributed by atoms with Crippen molar-refractivity contribution in [3.05, 3.63) is 35.1 Å². The summed E-state index contributed by atoms with van der Waals surface area (Å²) in [5.74, 6) is -0.663. The smallest absolute Gasteiger partial charge is 0.252 e. The number of alkyl halides is 2. The van der Waals surface area contributed by atoms with E-state index >= 15 is 0 Å². The highest BCUT2D eigenvalue weighted by Gasteiger charge is 2.25. The number of aryl methyl sites for hydroxylation is 1. The van der Waals surface area contributed by atoms with E-state index in [4.69, 9.17) is 0 Å². The molecule has 0 radical (unpaired) electrons. The molecule has 94 valence electrons. The lowest BCUT2D eigenvalue weighted by Gasteiger charge is -2.26. The molecule has 1 N–H and O–H groups in total. The maximum Gasteiger partial charge on any atom is 0.252 e. The van der Waals surface area contributed by atoms with Gasteiger partial charge < -0.3 is 5.32 Å². The topological polar surface area (TPSA) is 29.1 Å². The van der Waals surface area contributed by atoms with Crippen molar-refractivity contribution >= 4 is 37.8 Å². The minimum absolute atomic E-state index is 0.261. The monoisotopic (exact) mass is 365 g/mol. The molecule has 0 spiro atoms. The normalized spacial score (nSPS) is 11.4. The van der Waals surface area contributed by atoms with Crippen molar-refractivity contribution in [3.8, 4) is 0 Å². The second kappa shape index (κ2) is 5.96. The molecule has 2 nitrogen and oxygen atoms in total. The van der Waals surface area contributed by atoms with Gasteiger partial charge in [0.25, 0.3) is 5.91 Å². The Morgan fingerprint density at radius 1 is 1.41 bits per heavy atom. The van der Waals surface area contributed by atoms with Gasteiger partial charge in [0.15, 0.2) is 0 Å². The maximum atomic E-state index is 13.1. The largest absolute Gasteiger partial charge is 0.345 e. The van der Waals surface area contributed by atoms with Crippen LogP contribution in [0.4, 0.5) is 4.39 Å². The van der Waals surface area contributed by atoms with Gasteiger partial charge in [0.05, 0.1) is 5.54 Å². The van der Waals surface area contributed by atoms with Gasteiger partial charge in [-0.25, -0.2) is 4.39 Å². The molecule has 0 heterocycles. The number of halogens is 3. The van der Waals surface area contributed by atoms with Gasteiger partial charge in [-0.2, -0.15) is 0 Å². The molecule has 1 aromatic carbocycles. The van der Waals surface area contributed by atoms with E-state index in [-0.39, 0.29) is 5.91 Å². The zero-order valence-corrected chi connectivity index (χ0v) is 12.9. The van der Waals surface area contributed by atoms with Crippen LogP contribution in [0, 0.1) is 12.7 Å². The molecule has 17 heavy (non-hydrogen) atoms. The van der Waals surface area contributed by atoms with Gasteiger partial charge in [0.1, 0.15) is 5.82 Å². The summed E-state index contributed by atoms with van der Waals surface area (Å²) in [5, 5.41) is 4.11. The predicted molar refractivity (Wildman–Crippen MR) is 74.6 cm³/mol. The molecule has 0 aliphatic carbocycles. The Kier molecular flexibility index (Phi) is 5.13. The fourth-order valence-electron chi connectivity index (χ4n) is 1.28. The second-order valence-electron chi connectivity index (χ2n) is 4.24. The van der Waals surface area contributed by atoms with Crippen molar-refractivity contribution in [3.63, 3.8) is 0 Å². The fourth-order valence-corrected chi connectivity index (χ4v) is 2.49. The number of hydrogen-bond donors (Lipinski definition) is 1. The Hall–Kier alpha value is -0.420. The highest BCUT2D eigenvalue weighted by atomic mass is 79.9. The highest BCUT2D eigenvalue weighted by molar-refractivity contribution is 9.09. The van der Waals surface area contributed by atoms with E-state index in [2.05, 4.69) is 37.2 Å². The highest BCUT2D eigenvalue weighted by Crippen LogP contribution is 2.15. The molecule has 0 bridgehead atoms. The minimum atomic E-state index is -0.403. The lowest BCUT2D eigenvalue weighted by molar-refractivity contribution is 0.0922. The Labute approximate surface area is 117 Å². The average molecular weight is 367 g/mol. The third kappa shape index (κ3) is 3.78. The molecule has 1 amide bonds. The third-order valence-electron chi connectivity index (χ3n) is 2.45. The van der Waals surface area contributed by atoms with Crippen molar-refractivity contribution in [2.24, 2.45) is 0 Å². The van der Waals surface area contributed by atoms with Gasteiger partial charge in [-0.05, 0) is 31.5 Å². The van der Waals surface area contributed by atoms with Gasteiger partial charge in [-0.1, -0.05) is 37.9 Å². The van der Waals surface area contributed by atoms with E-state index in [9.17, 15) is 9.18 Å². The SMILES string of the molecule is Cc1ccc(F)cc1C(=O)NC(C)(CBr)CBr. The molecule has 0 aromatic heterocycles. The van der Waals surface area contributed by atoms with E-state index in [1.54, 1.807) is 13.0 Å². The van der Waals surface area contributed by atoms with Gasteiger partial charge in [0.2, 0.25) is 0 Å². The molecule has 0 fully saturated rings. The van der Waals surface area contributed by atoms with Crippen LogP contribution in [0.25, 0.3) is 0 Å². The first kappa shape index (κ1) is 14.6. The fraction of sp³-hybridized carbons (Fsp3) is 0.417. The number of rotatable bonds is 4. The first-order chi connectivity index (χ1) is 7.91. The molecule has 0 aliphatic heterocycles. The molecular formula is C12H14Br2FNO. The summed E-state index contributed by atoms with van der Waals surface area (Å²) in [6.45, 7) is 3.69. The van der Waals surface area contributed by atoms with Crippen LogP contribution in [0.3, 0.4) is 0 Å². The summed E-state index contributed by atoms with van der Waals surface area (Å²) in [6, 6.07) is 4.21. The molecule has 5 heteroatoms. The quantitative estimate of drug-likeness (QED) is 0.813. The van der Waals surface area contributed by atoms with Gasteiger partial charge in [0, 0.05) is 16.2 Å². The van der Waals surface area contributed by atoms with E-state index in [0.29, 0.717) is 16.2 Å². The molecule has 0 saturated carbocycles. The number of carbonyl (C=O) groups excluding carboxylic acids is 1. The van der Waals surface area contributed by atoms with E-state index in [1.165, 1.54) is 12.1 Å². The maximum absolute atomic E-state index is 13.1. The van der Waals surface area contributed by atoms with E-state index in [0.717, 1.165) is 5.56 Å². The molecule has 0 aliphatic rings. The van der Waals surface area contributed by atoms with Gasteiger partial charge in [-0.3, -0.25) is 4.79 Å². The van der Waals surface area contributed by atoms with Crippen molar-refractivity contribution in [2.75, 3.05) is 10.7 Å². The van der Waals surface area contributed by atoms with Crippen molar-refractivity contribution in [1.82, 2.24) is 5.32 Å².